The summed E-state index contributed by atoms with van der Waals surface area (Å²) in [4.78, 5) is 25.2. The summed E-state index contributed by atoms with van der Waals surface area (Å²) in [7, 11) is 1.71. The van der Waals surface area contributed by atoms with Gasteiger partial charge < -0.3 is 14.8 Å². The minimum absolute atomic E-state index is 0. The molecule has 0 bridgehead atoms. The van der Waals surface area contributed by atoms with Crippen LogP contribution in [0.25, 0.3) is 10.2 Å². The number of rotatable bonds is 3. The van der Waals surface area contributed by atoms with Crippen LogP contribution in [-0.4, -0.2) is 15.7 Å². The fraction of sp³-hybridized carbons (Fsp3) is 0.188. The van der Waals surface area contributed by atoms with Gasteiger partial charge in [-0.1, -0.05) is 35.2 Å². The number of hydrogen-bond acceptors (Lipinski definition) is 4. The van der Waals surface area contributed by atoms with Crippen LogP contribution in [0, 0.1) is 12.3 Å². The first-order valence-electron chi connectivity index (χ1n) is 6.77. The number of carbonyl (C=O) groups is 1. The molecule has 3 rings (SSSR count). The normalized spacial score (nSPS) is 10.3. The van der Waals surface area contributed by atoms with Gasteiger partial charge in [-0.2, -0.15) is 11.2 Å². The van der Waals surface area contributed by atoms with Crippen LogP contribution in [0.15, 0.2) is 35.1 Å². The summed E-state index contributed by atoms with van der Waals surface area (Å²) in [6.45, 7) is 2.36. The van der Waals surface area contributed by atoms with Crippen molar-refractivity contribution in [2.24, 2.45) is 7.05 Å². The molecule has 0 saturated heterocycles. The van der Waals surface area contributed by atoms with E-state index < -0.39 is 5.91 Å². The summed E-state index contributed by atoms with van der Waals surface area (Å²) in [6.07, 6.45) is 0. The van der Waals surface area contributed by atoms with Gasteiger partial charge >= 0.3 is 0 Å². The first-order chi connectivity index (χ1) is 10.6. The van der Waals surface area contributed by atoms with E-state index in [4.69, 9.17) is 0 Å². The van der Waals surface area contributed by atoms with E-state index in [2.05, 4.69) is 15.8 Å². The molecule has 0 saturated carbocycles. The minimum atomic E-state index is -0.464. The van der Waals surface area contributed by atoms with Crippen molar-refractivity contribution < 1.29 is 37.5 Å². The van der Waals surface area contributed by atoms with Crippen LogP contribution in [0.2, 0.25) is 0 Å². The average molecular weight is 401 g/mol. The maximum atomic E-state index is 12.3. The second-order valence-corrected chi connectivity index (χ2v) is 5.88. The fourth-order valence-corrected chi connectivity index (χ4v) is 2.88. The predicted molar refractivity (Wildman–Crippen MR) is 86.0 cm³/mol. The molecular formula is C16H14N3O2SY-. The predicted octanol–water partition coefficient (Wildman–Crippen LogP) is 2.03. The summed E-state index contributed by atoms with van der Waals surface area (Å²) >= 11 is 1.30. The monoisotopic (exact) mass is 401 g/mol. The van der Waals surface area contributed by atoms with E-state index in [1.165, 1.54) is 11.3 Å². The zero-order valence-electron chi connectivity index (χ0n) is 12.8. The molecular weight excluding hydrogens is 387 g/mol. The molecule has 3 aromatic rings. The average Bonchev–Trinajstić information content (AvgIpc) is 3.00. The molecule has 0 unspecified atom stereocenters. The van der Waals surface area contributed by atoms with E-state index in [1.54, 1.807) is 17.8 Å². The smallest absolute Gasteiger partial charge is 0.274 e. The molecule has 0 aliphatic rings. The molecule has 2 heterocycles. The number of nitrogens with zero attached hydrogens (tertiary/aromatic N) is 2. The van der Waals surface area contributed by atoms with Gasteiger partial charge in [0.15, 0.2) is 11.1 Å². The Morgan fingerprint density at radius 2 is 2.04 bits per heavy atom. The van der Waals surface area contributed by atoms with Crippen molar-refractivity contribution in [1.29, 1.82) is 0 Å². The molecule has 115 valence electrons. The largest absolute Gasteiger partial charge is 0.346 e. The molecule has 5 nitrogen and oxygen atoms in total. The summed E-state index contributed by atoms with van der Waals surface area (Å²) in [5.74, 6) is -0.464. The van der Waals surface area contributed by atoms with Crippen molar-refractivity contribution in [3.05, 3.63) is 62.8 Å². The molecule has 1 amide bonds. The van der Waals surface area contributed by atoms with Crippen LogP contribution >= 0.6 is 11.3 Å². The number of thiophene rings is 1. The second-order valence-electron chi connectivity index (χ2n) is 5.05. The molecule has 0 aliphatic heterocycles. The summed E-state index contributed by atoms with van der Waals surface area (Å²) in [6, 6.07) is 9.44. The van der Waals surface area contributed by atoms with Crippen molar-refractivity contribution in [2.75, 3.05) is 0 Å². The Balaban J connectivity index is 0.00000192. The Morgan fingerprint density at radius 3 is 2.74 bits per heavy atom. The molecule has 0 spiro atoms. The second kappa shape index (κ2) is 7.47. The number of nitrogens with one attached hydrogen (secondary N) is 1. The van der Waals surface area contributed by atoms with E-state index in [0.717, 1.165) is 11.1 Å². The van der Waals surface area contributed by atoms with Gasteiger partial charge in [-0.25, -0.2) is 0 Å². The Bertz CT molecular complexity index is 900. The number of fused-ring (bicyclic) bond motifs is 1. The van der Waals surface area contributed by atoms with Crippen LogP contribution in [0.5, 0.6) is 0 Å². The quantitative estimate of drug-likeness (QED) is 0.684. The van der Waals surface area contributed by atoms with E-state index in [9.17, 15) is 9.59 Å². The van der Waals surface area contributed by atoms with Gasteiger partial charge in [-0.15, -0.1) is 5.38 Å². The Kier molecular flexibility index (Phi) is 5.84. The standard InChI is InChI=1S/C16H14N3O2S.Y/c1-10-3-5-11(6-4-10)9-17-15(21)13-14(20)12-7-8-22-16(12)19(2)18-13;/h3-7H,9H2,1-2H3,(H,17,21);/q-1;. The van der Waals surface area contributed by atoms with Gasteiger partial charge in [0.1, 0.15) is 0 Å². The molecule has 7 heteroatoms. The van der Waals surface area contributed by atoms with E-state index in [-0.39, 0.29) is 43.8 Å². The van der Waals surface area contributed by atoms with Crippen molar-refractivity contribution >= 4 is 27.5 Å². The number of carbonyl (C=O) groups excluding carboxylic acids is 1. The SMILES string of the molecule is Cc1ccc(CNC(=O)c2nn(C)c3s[c-]cc3c2=O)cc1.[Y]. The Labute approximate surface area is 162 Å². The third-order valence-electron chi connectivity index (χ3n) is 3.38. The molecule has 1 aromatic carbocycles. The number of benzene rings is 1. The van der Waals surface area contributed by atoms with Crippen molar-refractivity contribution in [3.63, 3.8) is 0 Å². The Hall–Kier alpha value is -1.37. The molecule has 0 fully saturated rings. The molecule has 23 heavy (non-hydrogen) atoms. The zero-order chi connectivity index (χ0) is 15.7. The van der Waals surface area contributed by atoms with E-state index in [0.29, 0.717) is 16.8 Å². The summed E-state index contributed by atoms with van der Waals surface area (Å²) in [5, 5.41) is 10.2. The van der Waals surface area contributed by atoms with Gasteiger partial charge in [-0.3, -0.25) is 16.1 Å². The van der Waals surface area contributed by atoms with Crippen LogP contribution in [0.1, 0.15) is 21.6 Å². The fourth-order valence-electron chi connectivity index (χ4n) is 2.15. The van der Waals surface area contributed by atoms with Gasteiger partial charge in [0.2, 0.25) is 0 Å². The number of aromatic nitrogens is 2. The third-order valence-corrected chi connectivity index (χ3v) is 4.29. The number of hydrogen-bond donors (Lipinski definition) is 1. The first-order valence-corrected chi connectivity index (χ1v) is 7.58. The molecule has 1 N–H and O–H groups in total. The van der Waals surface area contributed by atoms with Gasteiger partial charge in [0.25, 0.3) is 5.91 Å². The first kappa shape index (κ1) is 18.0. The Morgan fingerprint density at radius 1 is 1.35 bits per heavy atom. The van der Waals surface area contributed by atoms with Crippen molar-refractivity contribution in [3.8, 4) is 0 Å². The molecule has 2 aromatic heterocycles. The topological polar surface area (TPSA) is 64.0 Å². The van der Waals surface area contributed by atoms with Gasteiger partial charge in [0, 0.05) is 46.3 Å². The van der Waals surface area contributed by atoms with Gasteiger partial charge in [0.05, 0.1) is 0 Å². The van der Waals surface area contributed by atoms with Crippen molar-refractivity contribution in [2.45, 2.75) is 13.5 Å². The maximum absolute atomic E-state index is 12.3. The van der Waals surface area contributed by atoms with E-state index in [1.807, 2.05) is 31.2 Å². The van der Waals surface area contributed by atoms with Crippen molar-refractivity contribution in [1.82, 2.24) is 15.1 Å². The molecule has 0 aliphatic carbocycles. The molecule has 0 atom stereocenters. The minimum Gasteiger partial charge on any atom is -0.346 e. The maximum Gasteiger partial charge on any atom is 0.274 e. The van der Waals surface area contributed by atoms with Crippen LogP contribution in [0.3, 0.4) is 0 Å². The summed E-state index contributed by atoms with van der Waals surface area (Å²) in [5.41, 5.74) is 1.69. The molecule has 1 radical (unpaired) electrons. The van der Waals surface area contributed by atoms with Gasteiger partial charge in [-0.05, 0) is 17.3 Å². The van der Waals surface area contributed by atoms with E-state index >= 15 is 0 Å². The van der Waals surface area contributed by atoms with Crippen LogP contribution < -0.4 is 10.7 Å². The van der Waals surface area contributed by atoms with Crippen LogP contribution in [-0.2, 0) is 46.3 Å². The number of amides is 1. The summed E-state index contributed by atoms with van der Waals surface area (Å²) < 4.78 is 1.54. The number of aryl methyl sites for hydroxylation is 2. The van der Waals surface area contributed by atoms with Crippen LogP contribution in [0.4, 0.5) is 0 Å². The third kappa shape index (κ3) is 3.76. The zero-order valence-corrected chi connectivity index (χ0v) is 16.4.